The zero-order chi connectivity index (χ0) is 18.0. The summed E-state index contributed by atoms with van der Waals surface area (Å²) < 4.78 is 14.2. The van der Waals surface area contributed by atoms with Gasteiger partial charge in [-0.3, -0.25) is 4.79 Å². The summed E-state index contributed by atoms with van der Waals surface area (Å²) in [5.41, 5.74) is 1.96. The molecule has 1 fully saturated rings. The highest BCUT2D eigenvalue weighted by Gasteiger charge is 2.21. The maximum atomic E-state index is 14.2. The van der Waals surface area contributed by atoms with E-state index in [-0.39, 0.29) is 11.7 Å². The van der Waals surface area contributed by atoms with Crippen molar-refractivity contribution in [1.82, 2.24) is 15.2 Å². The fourth-order valence-electron chi connectivity index (χ4n) is 3.29. The van der Waals surface area contributed by atoms with E-state index in [9.17, 15) is 9.18 Å². The smallest absolute Gasteiger partial charge is 0.263 e. The lowest BCUT2D eigenvalue weighted by Crippen LogP contribution is -2.31. The first-order valence-corrected chi connectivity index (χ1v) is 9.49. The SMILES string of the molecule is Cc1ccc(-c2nc(C)c(C(=O)NCCC3CCCN3C)s2)c(F)c1. The Balaban J connectivity index is 1.66. The molecule has 0 saturated carbocycles. The van der Waals surface area contributed by atoms with Gasteiger partial charge in [-0.2, -0.15) is 0 Å². The Morgan fingerprint density at radius 2 is 2.24 bits per heavy atom. The van der Waals surface area contributed by atoms with E-state index >= 15 is 0 Å². The molecule has 1 aliphatic rings. The first-order valence-electron chi connectivity index (χ1n) is 8.68. The molecule has 0 radical (unpaired) electrons. The van der Waals surface area contributed by atoms with Crippen LogP contribution in [0.1, 0.15) is 40.2 Å². The third-order valence-corrected chi connectivity index (χ3v) is 5.98. The van der Waals surface area contributed by atoms with Crippen molar-refractivity contribution in [2.75, 3.05) is 20.1 Å². The van der Waals surface area contributed by atoms with E-state index in [1.165, 1.54) is 30.2 Å². The van der Waals surface area contributed by atoms with Crippen molar-refractivity contribution in [1.29, 1.82) is 0 Å². The van der Waals surface area contributed by atoms with E-state index in [0.717, 1.165) is 18.5 Å². The summed E-state index contributed by atoms with van der Waals surface area (Å²) in [6.07, 6.45) is 3.39. The summed E-state index contributed by atoms with van der Waals surface area (Å²) in [5.74, 6) is -0.417. The van der Waals surface area contributed by atoms with Gasteiger partial charge in [0.2, 0.25) is 0 Å². The topological polar surface area (TPSA) is 45.2 Å². The average molecular weight is 361 g/mol. The number of thiazole rings is 1. The van der Waals surface area contributed by atoms with Crippen LogP contribution in [0.3, 0.4) is 0 Å². The number of aromatic nitrogens is 1. The van der Waals surface area contributed by atoms with Crippen molar-refractivity contribution in [3.8, 4) is 10.6 Å². The number of carbonyl (C=O) groups is 1. The van der Waals surface area contributed by atoms with Gasteiger partial charge < -0.3 is 10.2 Å². The number of nitrogens with zero attached hydrogens (tertiary/aromatic N) is 2. The van der Waals surface area contributed by atoms with Gasteiger partial charge in [-0.05, 0) is 64.4 Å². The Hall–Kier alpha value is -1.79. The summed E-state index contributed by atoms with van der Waals surface area (Å²) in [4.78, 5) is 19.8. The van der Waals surface area contributed by atoms with Gasteiger partial charge in [-0.15, -0.1) is 11.3 Å². The van der Waals surface area contributed by atoms with Crippen LogP contribution in [-0.2, 0) is 0 Å². The molecule has 1 aromatic carbocycles. The van der Waals surface area contributed by atoms with Gasteiger partial charge in [0.1, 0.15) is 15.7 Å². The molecule has 1 amide bonds. The Morgan fingerprint density at radius 1 is 1.44 bits per heavy atom. The first-order chi connectivity index (χ1) is 12.0. The summed E-state index contributed by atoms with van der Waals surface area (Å²) in [5, 5.41) is 3.54. The zero-order valence-electron chi connectivity index (χ0n) is 14.9. The number of benzene rings is 1. The summed E-state index contributed by atoms with van der Waals surface area (Å²) >= 11 is 1.25. The molecule has 6 heteroatoms. The molecule has 25 heavy (non-hydrogen) atoms. The largest absolute Gasteiger partial charge is 0.351 e. The van der Waals surface area contributed by atoms with Gasteiger partial charge in [0.25, 0.3) is 5.91 Å². The molecule has 1 atom stereocenters. The standard InChI is InChI=1S/C19H24FN3OS/c1-12-6-7-15(16(20)11-12)19-22-13(2)17(25-19)18(24)21-9-8-14-5-4-10-23(14)3/h6-7,11,14H,4-5,8-10H2,1-3H3,(H,21,24). The Kier molecular flexibility index (Phi) is 5.49. The van der Waals surface area contributed by atoms with Gasteiger partial charge in [0, 0.05) is 18.2 Å². The molecular weight excluding hydrogens is 337 g/mol. The normalized spacial score (nSPS) is 17.8. The van der Waals surface area contributed by atoms with Crippen molar-refractivity contribution in [3.63, 3.8) is 0 Å². The maximum Gasteiger partial charge on any atom is 0.263 e. The molecular formula is C19H24FN3OS. The molecule has 1 aliphatic heterocycles. The van der Waals surface area contributed by atoms with Crippen molar-refractivity contribution in [3.05, 3.63) is 40.2 Å². The van der Waals surface area contributed by atoms with Crippen LogP contribution >= 0.6 is 11.3 Å². The Morgan fingerprint density at radius 3 is 2.92 bits per heavy atom. The Bertz CT molecular complexity index is 774. The average Bonchev–Trinajstić information content (AvgIpc) is 3.13. The fraction of sp³-hybridized carbons (Fsp3) is 0.474. The van der Waals surface area contributed by atoms with Crippen LogP contribution in [0.4, 0.5) is 4.39 Å². The lowest BCUT2D eigenvalue weighted by atomic mass is 10.1. The van der Waals surface area contributed by atoms with Gasteiger partial charge in [-0.25, -0.2) is 9.37 Å². The molecule has 2 heterocycles. The van der Waals surface area contributed by atoms with Crippen molar-refractivity contribution in [2.24, 2.45) is 0 Å². The molecule has 134 valence electrons. The van der Waals surface area contributed by atoms with E-state index in [2.05, 4.69) is 22.2 Å². The lowest BCUT2D eigenvalue weighted by molar-refractivity contribution is 0.0953. The molecule has 2 aromatic rings. The molecule has 4 nitrogen and oxygen atoms in total. The number of likely N-dealkylation sites (tertiary alicyclic amines) is 1. The van der Waals surface area contributed by atoms with E-state index in [1.807, 2.05) is 13.0 Å². The van der Waals surface area contributed by atoms with E-state index < -0.39 is 0 Å². The summed E-state index contributed by atoms with van der Waals surface area (Å²) in [7, 11) is 2.13. The van der Waals surface area contributed by atoms with Gasteiger partial charge in [0.05, 0.1) is 5.69 Å². The number of carbonyl (C=O) groups excluding carboxylic acids is 1. The first kappa shape index (κ1) is 18.0. The number of nitrogens with one attached hydrogen (secondary N) is 1. The van der Waals surface area contributed by atoms with Crippen LogP contribution in [0.5, 0.6) is 0 Å². The lowest BCUT2D eigenvalue weighted by Gasteiger charge is -2.19. The maximum absolute atomic E-state index is 14.2. The monoisotopic (exact) mass is 361 g/mol. The highest BCUT2D eigenvalue weighted by molar-refractivity contribution is 7.17. The van der Waals surface area contributed by atoms with Crippen LogP contribution in [0.25, 0.3) is 10.6 Å². The number of amides is 1. The predicted molar refractivity (Wildman–Crippen MR) is 99.6 cm³/mol. The van der Waals surface area contributed by atoms with Gasteiger partial charge in [0.15, 0.2) is 0 Å². The third kappa shape index (κ3) is 4.07. The van der Waals surface area contributed by atoms with Crippen LogP contribution in [0.2, 0.25) is 0 Å². The van der Waals surface area contributed by atoms with Crippen LogP contribution in [-0.4, -0.2) is 42.0 Å². The molecule has 1 unspecified atom stereocenters. The van der Waals surface area contributed by atoms with Crippen molar-refractivity contribution >= 4 is 17.2 Å². The highest BCUT2D eigenvalue weighted by atomic mass is 32.1. The molecule has 0 spiro atoms. The zero-order valence-corrected chi connectivity index (χ0v) is 15.8. The number of hydrogen-bond donors (Lipinski definition) is 1. The fourth-order valence-corrected chi connectivity index (χ4v) is 4.30. The Labute approximate surface area is 152 Å². The molecule has 1 saturated heterocycles. The summed E-state index contributed by atoms with van der Waals surface area (Å²) in [6, 6.07) is 5.62. The van der Waals surface area contributed by atoms with E-state index in [4.69, 9.17) is 0 Å². The number of hydrogen-bond acceptors (Lipinski definition) is 4. The number of halogens is 1. The second-order valence-electron chi connectivity index (χ2n) is 6.74. The van der Waals surface area contributed by atoms with Crippen molar-refractivity contribution < 1.29 is 9.18 Å². The highest BCUT2D eigenvalue weighted by Crippen LogP contribution is 2.30. The third-order valence-electron chi connectivity index (χ3n) is 4.79. The van der Waals surface area contributed by atoms with Crippen LogP contribution in [0.15, 0.2) is 18.2 Å². The quantitative estimate of drug-likeness (QED) is 0.881. The summed E-state index contributed by atoms with van der Waals surface area (Å²) in [6.45, 7) is 5.43. The molecule has 1 N–H and O–H groups in total. The predicted octanol–water partition coefficient (Wildman–Crippen LogP) is 3.78. The second-order valence-corrected chi connectivity index (χ2v) is 7.74. The van der Waals surface area contributed by atoms with Gasteiger partial charge in [-0.1, -0.05) is 6.07 Å². The minimum Gasteiger partial charge on any atom is -0.351 e. The van der Waals surface area contributed by atoms with Crippen LogP contribution in [0, 0.1) is 19.7 Å². The van der Waals surface area contributed by atoms with Crippen molar-refractivity contribution in [2.45, 2.75) is 39.2 Å². The minimum absolute atomic E-state index is 0.116. The van der Waals surface area contributed by atoms with Gasteiger partial charge >= 0.3 is 0 Å². The molecule has 1 aromatic heterocycles. The second kappa shape index (κ2) is 7.62. The molecule has 0 bridgehead atoms. The number of rotatable bonds is 5. The van der Waals surface area contributed by atoms with Crippen LogP contribution < -0.4 is 5.32 Å². The minimum atomic E-state index is -0.301. The van der Waals surface area contributed by atoms with E-state index in [1.54, 1.807) is 13.0 Å². The number of aryl methyl sites for hydroxylation is 2. The molecule has 3 rings (SSSR count). The van der Waals surface area contributed by atoms with E-state index in [0.29, 0.717) is 33.7 Å². The molecule has 0 aliphatic carbocycles.